The van der Waals surface area contributed by atoms with Gasteiger partial charge >= 0.3 is 5.69 Å². The number of aryl methyl sites for hydroxylation is 1. The van der Waals surface area contributed by atoms with Gasteiger partial charge in [0.05, 0.1) is 17.6 Å². The highest BCUT2D eigenvalue weighted by Gasteiger charge is 2.23. The Balaban J connectivity index is 1.92. The highest BCUT2D eigenvalue weighted by Crippen LogP contribution is 2.29. The van der Waals surface area contributed by atoms with E-state index in [1.165, 1.54) is 30.8 Å². The summed E-state index contributed by atoms with van der Waals surface area (Å²) in [7, 11) is -0.936. The van der Waals surface area contributed by atoms with Crippen molar-refractivity contribution in [1.82, 2.24) is 13.4 Å². The number of amides is 1. The molecular weight excluding hydrogens is 432 g/mol. The average molecular weight is 461 g/mol. The third-order valence-corrected chi connectivity index (χ3v) is 6.80. The fraction of sp³-hybridized carbons (Fsp3) is 0.364. The van der Waals surface area contributed by atoms with Gasteiger partial charge in [0, 0.05) is 26.3 Å². The summed E-state index contributed by atoms with van der Waals surface area (Å²) in [5.41, 5.74) is 1.48. The van der Waals surface area contributed by atoms with Crippen molar-refractivity contribution in [2.24, 2.45) is 0 Å². The normalized spacial score (nSPS) is 11.8. The van der Waals surface area contributed by atoms with Crippen molar-refractivity contribution < 1.29 is 17.9 Å². The van der Waals surface area contributed by atoms with E-state index in [1.807, 2.05) is 25.1 Å². The van der Waals surface area contributed by atoms with Crippen molar-refractivity contribution in [1.29, 1.82) is 0 Å². The van der Waals surface area contributed by atoms with E-state index in [9.17, 15) is 18.0 Å². The number of aromatic nitrogens is 2. The molecule has 32 heavy (non-hydrogen) atoms. The molecule has 1 aromatic heterocycles. The first kappa shape index (κ1) is 23.6. The summed E-state index contributed by atoms with van der Waals surface area (Å²) in [5, 5.41) is 2.70. The van der Waals surface area contributed by atoms with Crippen LogP contribution in [0.25, 0.3) is 11.0 Å². The number of rotatable bonds is 9. The van der Waals surface area contributed by atoms with E-state index in [1.54, 1.807) is 23.6 Å². The highest BCUT2D eigenvalue weighted by atomic mass is 32.2. The van der Waals surface area contributed by atoms with Crippen LogP contribution in [0.3, 0.4) is 0 Å². The number of ether oxygens (including phenoxy) is 1. The summed E-state index contributed by atoms with van der Waals surface area (Å²) in [6, 6.07) is 11.8. The standard InChI is InChI=1S/C22H28N4O5S/c1-5-13-25-17-9-7-8-10-18(17)26(22(25)28)15-21(27)23-16-11-12-19(31-6-2)20(14-16)32(29,30)24(3)4/h7-12,14H,5-6,13,15H2,1-4H3,(H,23,27). The van der Waals surface area contributed by atoms with Gasteiger partial charge in [-0.1, -0.05) is 19.1 Å². The summed E-state index contributed by atoms with van der Waals surface area (Å²) in [6.07, 6.45) is 0.787. The number of imidazole rings is 1. The van der Waals surface area contributed by atoms with Gasteiger partial charge in [-0.15, -0.1) is 0 Å². The number of anilines is 1. The van der Waals surface area contributed by atoms with Crippen LogP contribution in [0.5, 0.6) is 5.75 Å². The number of nitrogens with one attached hydrogen (secondary N) is 1. The van der Waals surface area contributed by atoms with E-state index in [-0.39, 0.29) is 22.9 Å². The van der Waals surface area contributed by atoms with Crippen LogP contribution >= 0.6 is 0 Å². The monoisotopic (exact) mass is 460 g/mol. The number of para-hydroxylation sites is 2. The van der Waals surface area contributed by atoms with Crippen molar-refractivity contribution in [3.05, 3.63) is 52.9 Å². The quantitative estimate of drug-likeness (QED) is 0.529. The molecule has 0 aliphatic rings. The predicted octanol–water partition coefficient (Wildman–Crippen LogP) is 2.50. The average Bonchev–Trinajstić information content (AvgIpc) is 3.01. The van der Waals surface area contributed by atoms with Crippen molar-refractivity contribution in [2.45, 2.75) is 38.3 Å². The maximum absolute atomic E-state index is 12.9. The largest absolute Gasteiger partial charge is 0.492 e. The molecule has 0 saturated heterocycles. The Labute approximate surface area is 187 Å². The Bertz CT molecular complexity index is 1290. The molecule has 0 saturated carbocycles. The number of hydrogen-bond donors (Lipinski definition) is 1. The van der Waals surface area contributed by atoms with E-state index in [4.69, 9.17) is 4.74 Å². The summed E-state index contributed by atoms with van der Waals surface area (Å²) >= 11 is 0. The van der Waals surface area contributed by atoms with Crippen LogP contribution in [0, 0.1) is 0 Å². The molecule has 0 aliphatic heterocycles. The van der Waals surface area contributed by atoms with E-state index >= 15 is 0 Å². The third kappa shape index (κ3) is 4.56. The maximum atomic E-state index is 12.9. The zero-order chi connectivity index (χ0) is 23.5. The predicted molar refractivity (Wildman–Crippen MR) is 124 cm³/mol. The van der Waals surface area contributed by atoms with Gasteiger partial charge < -0.3 is 10.1 Å². The van der Waals surface area contributed by atoms with Gasteiger partial charge in [-0.25, -0.2) is 17.5 Å². The fourth-order valence-electron chi connectivity index (χ4n) is 3.47. The van der Waals surface area contributed by atoms with Crippen molar-refractivity contribution >= 4 is 32.7 Å². The topological polar surface area (TPSA) is 103 Å². The first-order valence-electron chi connectivity index (χ1n) is 10.4. The second-order valence-corrected chi connectivity index (χ2v) is 9.56. The van der Waals surface area contributed by atoms with Crippen LogP contribution in [0.4, 0.5) is 5.69 Å². The molecule has 10 heteroatoms. The Hall–Kier alpha value is -3.11. The van der Waals surface area contributed by atoms with Crippen LogP contribution in [-0.4, -0.2) is 48.5 Å². The zero-order valence-electron chi connectivity index (χ0n) is 18.7. The molecule has 2 aromatic carbocycles. The third-order valence-electron chi connectivity index (χ3n) is 4.96. The van der Waals surface area contributed by atoms with Gasteiger partial charge in [-0.2, -0.15) is 0 Å². The van der Waals surface area contributed by atoms with Crippen LogP contribution in [0.15, 0.2) is 52.2 Å². The molecule has 0 bridgehead atoms. The molecule has 3 aromatic rings. The number of hydrogen-bond acceptors (Lipinski definition) is 5. The molecular formula is C22H28N4O5S. The van der Waals surface area contributed by atoms with Crippen molar-refractivity contribution in [2.75, 3.05) is 26.0 Å². The smallest absolute Gasteiger partial charge is 0.329 e. The van der Waals surface area contributed by atoms with Crippen LogP contribution in [0.1, 0.15) is 20.3 Å². The van der Waals surface area contributed by atoms with E-state index in [0.717, 1.165) is 16.2 Å². The molecule has 1 heterocycles. The van der Waals surface area contributed by atoms with Gasteiger partial charge in [-0.05, 0) is 43.7 Å². The Kier molecular flexibility index (Phi) is 7.05. The second-order valence-electron chi connectivity index (χ2n) is 7.44. The second kappa shape index (κ2) is 9.58. The SMILES string of the molecule is CCCn1c(=O)n(CC(=O)Nc2ccc(OCC)c(S(=O)(=O)N(C)C)c2)c2ccccc21. The van der Waals surface area contributed by atoms with E-state index in [2.05, 4.69) is 5.32 Å². The first-order chi connectivity index (χ1) is 15.2. The Morgan fingerprint density at radius 2 is 1.72 bits per heavy atom. The Morgan fingerprint density at radius 1 is 1.06 bits per heavy atom. The minimum Gasteiger partial charge on any atom is -0.492 e. The molecule has 172 valence electrons. The van der Waals surface area contributed by atoms with Gasteiger partial charge in [-0.3, -0.25) is 13.9 Å². The highest BCUT2D eigenvalue weighted by molar-refractivity contribution is 7.89. The zero-order valence-corrected chi connectivity index (χ0v) is 19.5. The molecule has 0 radical (unpaired) electrons. The lowest BCUT2D eigenvalue weighted by Crippen LogP contribution is -2.29. The molecule has 0 unspecified atom stereocenters. The first-order valence-corrected chi connectivity index (χ1v) is 11.8. The number of sulfonamides is 1. The molecule has 1 N–H and O–H groups in total. The number of nitrogens with zero attached hydrogens (tertiary/aromatic N) is 3. The summed E-state index contributed by atoms with van der Waals surface area (Å²) in [5.74, 6) is -0.234. The minimum absolute atomic E-state index is 0.0427. The number of carbonyl (C=O) groups is 1. The molecule has 9 nitrogen and oxygen atoms in total. The lowest BCUT2D eigenvalue weighted by molar-refractivity contribution is -0.116. The number of benzene rings is 2. The van der Waals surface area contributed by atoms with Crippen LogP contribution in [0.2, 0.25) is 0 Å². The summed E-state index contributed by atoms with van der Waals surface area (Å²) in [6.45, 7) is 4.40. The van der Waals surface area contributed by atoms with Crippen LogP contribution in [-0.2, 0) is 27.9 Å². The van der Waals surface area contributed by atoms with Crippen molar-refractivity contribution in [3.63, 3.8) is 0 Å². The van der Waals surface area contributed by atoms with Crippen molar-refractivity contribution in [3.8, 4) is 5.75 Å². The molecule has 0 atom stereocenters. The lowest BCUT2D eigenvalue weighted by atomic mass is 10.3. The molecule has 0 aliphatic carbocycles. The Morgan fingerprint density at radius 3 is 2.31 bits per heavy atom. The maximum Gasteiger partial charge on any atom is 0.329 e. The van der Waals surface area contributed by atoms with E-state index in [0.29, 0.717) is 24.4 Å². The molecule has 0 fully saturated rings. The van der Waals surface area contributed by atoms with Crippen LogP contribution < -0.4 is 15.7 Å². The summed E-state index contributed by atoms with van der Waals surface area (Å²) in [4.78, 5) is 25.6. The van der Waals surface area contributed by atoms with Gasteiger partial charge in [0.2, 0.25) is 15.9 Å². The number of fused-ring (bicyclic) bond motifs is 1. The molecule has 3 rings (SSSR count). The summed E-state index contributed by atoms with van der Waals surface area (Å²) < 4.78 is 35.0. The minimum atomic E-state index is -3.79. The molecule has 1 amide bonds. The van der Waals surface area contributed by atoms with E-state index < -0.39 is 15.9 Å². The molecule has 0 spiro atoms. The number of carbonyl (C=O) groups excluding carboxylic acids is 1. The van der Waals surface area contributed by atoms with Gasteiger partial charge in [0.15, 0.2) is 0 Å². The lowest BCUT2D eigenvalue weighted by Gasteiger charge is -2.16. The fourth-order valence-corrected chi connectivity index (χ4v) is 4.52. The van der Waals surface area contributed by atoms with Gasteiger partial charge in [0.25, 0.3) is 0 Å². The van der Waals surface area contributed by atoms with Gasteiger partial charge in [0.1, 0.15) is 17.2 Å².